The molecule has 0 heterocycles. The maximum absolute atomic E-state index is 10.1. The van der Waals surface area contributed by atoms with Gasteiger partial charge in [-0.25, -0.2) is 0 Å². The molecule has 0 aliphatic rings. The zero-order valence-corrected chi connectivity index (χ0v) is 7.95. The Morgan fingerprint density at radius 3 is 2.79 bits per heavy atom. The lowest BCUT2D eigenvalue weighted by Gasteiger charge is -2.08. The van der Waals surface area contributed by atoms with Crippen molar-refractivity contribution < 1.29 is 19.7 Å². The van der Waals surface area contributed by atoms with E-state index in [1.54, 1.807) is 6.07 Å². The van der Waals surface area contributed by atoms with Crippen LogP contribution in [0.25, 0.3) is 0 Å². The first-order chi connectivity index (χ1) is 6.63. The van der Waals surface area contributed by atoms with Gasteiger partial charge in [-0.3, -0.25) is 0 Å². The minimum atomic E-state index is -1.31. The highest BCUT2D eigenvalue weighted by Gasteiger charge is 2.02. The van der Waals surface area contributed by atoms with Crippen molar-refractivity contribution in [3.63, 3.8) is 0 Å². The summed E-state index contributed by atoms with van der Waals surface area (Å²) in [4.78, 5) is 10.1. The van der Waals surface area contributed by atoms with Crippen LogP contribution in [0.1, 0.15) is 5.56 Å². The first-order valence-electron chi connectivity index (χ1n) is 3.85. The lowest BCUT2D eigenvalue weighted by Crippen LogP contribution is -2.28. The maximum atomic E-state index is 10.1. The van der Waals surface area contributed by atoms with Crippen LogP contribution in [0.5, 0.6) is 5.75 Å². The van der Waals surface area contributed by atoms with Crippen LogP contribution in [0.15, 0.2) is 18.2 Å². The third-order valence-corrected chi connectivity index (χ3v) is 1.82. The highest BCUT2D eigenvalue weighted by atomic mass is 35.5. The van der Waals surface area contributed by atoms with Crippen molar-refractivity contribution in [3.05, 3.63) is 28.8 Å². The molecule has 1 aromatic rings. The van der Waals surface area contributed by atoms with Crippen molar-refractivity contribution in [2.24, 2.45) is 0 Å². The number of hydrogen-bond donors (Lipinski definition) is 1. The van der Waals surface area contributed by atoms with Gasteiger partial charge in [-0.15, -0.1) is 0 Å². The monoisotopic (exact) mass is 215 g/mol. The summed E-state index contributed by atoms with van der Waals surface area (Å²) < 4.78 is 4.82. The number of carboxylic acids is 1. The van der Waals surface area contributed by atoms with Crippen LogP contribution in [0.3, 0.4) is 0 Å². The Bertz CT molecular complexity index is 338. The molecule has 1 rings (SSSR count). The summed E-state index contributed by atoms with van der Waals surface area (Å²) in [6, 6.07) is 4.60. The number of ether oxygens (including phenoxy) is 1. The van der Waals surface area contributed by atoms with Crippen LogP contribution in [0, 0.1) is 0 Å². The van der Waals surface area contributed by atoms with Gasteiger partial charge in [0.05, 0.1) is 17.6 Å². The van der Waals surface area contributed by atoms with E-state index in [1.807, 2.05) is 0 Å². The van der Waals surface area contributed by atoms with E-state index in [-0.39, 0.29) is 17.4 Å². The lowest BCUT2D eigenvalue weighted by molar-refractivity contribution is -0.307. The van der Waals surface area contributed by atoms with E-state index in [2.05, 4.69) is 0 Å². The Kier molecular flexibility index (Phi) is 3.73. The number of aliphatic hydroxyl groups excluding tert-OH is 1. The Labute approximate surface area is 85.7 Å². The fourth-order valence-electron chi connectivity index (χ4n) is 0.896. The molecule has 0 bridgehead atoms. The van der Waals surface area contributed by atoms with Crippen molar-refractivity contribution in [1.29, 1.82) is 0 Å². The van der Waals surface area contributed by atoms with Crippen LogP contribution in [-0.4, -0.2) is 17.7 Å². The number of rotatable bonds is 4. The molecule has 0 aliphatic heterocycles. The SMILES string of the molecule is O=C([O-])COc1ccc(CO)cc1Cl. The molecule has 76 valence electrons. The van der Waals surface area contributed by atoms with Crippen molar-refractivity contribution in [3.8, 4) is 5.75 Å². The number of carboxylic acid groups (broad SMARTS) is 1. The van der Waals surface area contributed by atoms with Gasteiger partial charge >= 0.3 is 0 Å². The van der Waals surface area contributed by atoms with E-state index >= 15 is 0 Å². The van der Waals surface area contributed by atoms with Crippen molar-refractivity contribution in [1.82, 2.24) is 0 Å². The summed E-state index contributed by atoms with van der Waals surface area (Å²) in [6.45, 7) is -0.668. The van der Waals surface area contributed by atoms with Gasteiger partial charge in [0, 0.05) is 0 Å². The predicted molar refractivity (Wildman–Crippen MR) is 47.9 cm³/mol. The fraction of sp³-hybridized carbons (Fsp3) is 0.222. The summed E-state index contributed by atoms with van der Waals surface area (Å²) in [6.07, 6.45) is 0. The number of aliphatic carboxylic acids is 1. The molecule has 0 saturated heterocycles. The highest BCUT2D eigenvalue weighted by molar-refractivity contribution is 6.32. The third-order valence-electron chi connectivity index (χ3n) is 1.52. The van der Waals surface area contributed by atoms with Crippen LogP contribution in [0.4, 0.5) is 0 Å². The molecule has 0 aliphatic carbocycles. The molecule has 0 unspecified atom stereocenters. The molecule has 4 nitrogen and oxygen atoms in total. The number of halogens is 1. The molecule has 0 amide bonds. The summed E-state index contributed by atoms with van der Waals surface area (Å²) in [5.74, 6) is -1.06. The smallest absolute Gasteiger partial charge is 0.138 e. The van der Waals surface area contributed by atoms with Gasteiger partial charge in [0.15, 0.2) is 0 Å². The summed E-state index contributed by atoms with van der Waals surface area (Å²) in [5, 5.41) is 19.1. The summed E-state index contributed by atoms with van der Waals surface area (Å²) >= 11 is 5.74. The molecule has 0 fully saturated rings. The number of hydrogen-bond acceptors (Lipinski definition) is 4. The molecular weight excluding hydrogens is 208 g/mol. The molecule has 1 aromatic carbocycles. The predicted octanol–water partition coefficient (Wildman–Crippen LogP) is -0.0390. The molecule has 0 spiro atoms. The van der Waals surface area contributed by atoms with Crippen LogP contribution in [-0.2, 0) is 11.4 Å². The van der Waals surface area contributed by atoms with Gasteiger partial charge in [-0.1, -0.05) is 17.7 Å². The van der Waals surface area contributed by atoms with E-state index in [0.717, 1.165) is 0 Å². The number of benzene rings is 1. The maximum Gasteiger partial charge on any atom is 0.138 e. The van der Waals surface area contributed by atoms with Crippen molar-refractivity contribution in [2.45, 2.75) is 6.61 Å². The standard InChI is InChI=1S/C9H9ClO4/c10-7-3-6(4-11)1-2-8(7)14-5-9(12)13/h1-3,11H,4-5H2,(H,12,13)/p-1. The minimum Gasteiger partial charge on any atom is -0.546 e. The van der Waals surface area contributed by atoms with E-state index in [9.17, 15) is 9.90 Å². The van der Waals surface area contributed by atoms with E-state index < -0.39 is 12.6 Å². The fourth-order valence-corrected chi connectivity index (χ4v) is 1.15. The van der Waals surface area contributed by atoms with E-state index in [0.29, 0.717) is 5.56 Å². The molecule has 5 heteroatoms. The lowest BCUT2D eigenvalue weighted by atomic mass is 10.2. The normalized spacial score (nSPS) is 9.86. The quantitative estimate of drug-likeness (QED) is 0.765. The number of aliphatic hydroxyl groups is 1. The summed E-state index contributed by atoms with van der Waals surface area (Å²) in [5.41, 5.74) is 0.635. The second-order valence-electron chi connectivity index (χ2n) is 2.58. The number of carbonyl (C=O) groups excluding carboxylic acids is 1. The highest BCUT2D eigenvalue weighted by Crippen LogP contribution is 2.25. The largest absolute Gasteiger partial charge is 0.546 e. The number of carbonyl (C=O) groups is 1. The third kappa shape index (κ3) is 2.90. The molecule has 1 N–H and O–H groups in total. The first-order valence-corrected chi connectivity index (χ1v) is 4.23. The molecular formula is C9H8ClO4-. The van der Waals surface area contributed by atoms with Gasteiger partial charge < -0.3 is 19.7 Å². The molecule has 14 heavy (non-hydrogen) atoms. The Hall–Kier alpha value is -1.26. The molecule has 0 saturated carbocycles. The minimum absolute atomic E-state index is 0.125. The van der Waals surface area contributed by atoms with Crippen LogP contribution >= 0.6 is 11.6 Å². The van der Waals surface area contributed by atoms with Gasteiger partial charge in [0.25, 0.3) is 0 Å². The zero-order valence-electron chi connectivity index (χ0n) is 7.20. The van der Waals surface area contributed by atoms with Crippen molar-refractivity contribution >= 4 is 17.6 Å². The molecule has 0 atom stereocenters. The average Bonchev–Trinajstić information content (AvgIpc) is 2.15. The molecule has 0 aromatic heterocycles. The van der Waals surface area contributed by atoms with Gasteiger partial charge in [0.1, 0.15) is 12.4 Å². The molecule has 0 radical (unpaired) electrons. The van der Waals surface area contributed by atoms with Crippen molar-refractivity contribution in [2.75, 3.05) is 6.61 Å². The van der Waals surface area contributed by atoms with E-state index in [1.165, 1.54) is 12.1 Å². The second kappa shape index (κ2) is 4.83. The Balaban J connectivity index is 2.73. The topological polar surface area (TPSA) is 69.6 Å². The van der Waals surface area contributed by atoms with Crippen LogP contribution in [0.2, 0.25) is 5.02 Å². The van der Waals surface area contributed by atoms with Gasteiger partial charge in [0.2, 0.25) is 0 Å². The average molecular weight is 216 g/mol. The first kappa shape index (κ1) is 10.8. The van der Waals surface area contributed by atoms with Gasteiger partial charge in [-0.2, -0.15) is 0 Å². The second-order valence-corrected chi connectivity index (χ2v) is 2.99. The Morgan fingerprint density at radius 2 is 2.29 bits per heavy atom. The zero-order chi connectivity index (χ0) is 10.6. The van der Waals surface area contributed by atoms with E-state index in [4.69, 9.17) is 21.4 Å². The van der Waals surface area contributed by atoms with Gasteiger partial charge in [-0.05, 0) is 17.7 Å². The Morgan fingerprint density at radius 1 is 1.57 bits per heavy atom. The van der Waals surface area contributed by atoms with Crippen LogP contribution < -0.4 is 9.84 Å². The summed E-state index contributed by atoms with van der Waals surface area (Å²) in [7, 11) is 0.